The Morgan fingerprint density at radius 3 is 1.94 bits per heavy atom. The van der Waals surface area contributed by atoms with Gasteiger partial charge in [-0.15, -0.1) is 19.7 Å². The van der Waals surface area contributed by atoms with Gasteiger partial charge in [0.2, 0.25) is 0 Å². The third kappa shape index (κ3) is 2.26. The van der Waals surface area contributed by atoms with Crippen LogP contribution >= 0.6 is 0 Å². The molecule has 2 amide bonds. The van der Waals surface area contributed by atoms with E-state index in [0.717, 1.165) is 4.90 Å². The van der Waals surface area contributed by atoms with Gasteiger partial charge in [-0.2, -0.15) is 0 Å². The first-order valence-electron chi connectivity index (χ1n) is 4.67. The molecule has 84 valence electrons. The minimum atomic E-state index is -2.43. The molecule has 0 aliphatic carbocycles. The fourth-order valence-corrected chi connectivity index (χ4v) is 2.37. The predicted molar refractivity (Wildman–Crippen MR) is 63.3 cm³/mol. The highest BCUT2D eigenvalue weighted by Gasteiger charge is 2.29. The molecule has 4 nitrogen and oxygen atoms in total. The first kappa shape index (κ1) is 12.3. The van der Waals surface area contributed by atoms with Gasteiger partial charge < -0.3 is 4.43 Å². The molecule has 0 bridgehead atoms. The van der Waals surface area contributed by atoms with E-state index < -0.39 is 8.32 Å². The van der Waals surface area contributed by atoms with Crippen LogP contribution in [0.2, 0.25) is 0 Å². The molecule has 1 rings (SSSR count). The summed E-state index contributed by atoms with van der Waals surface area (Å²) in [5.41, 5.74) is 4.89. The summed E-state index contributed by atoms with van der Waals surface area (Å²) in [4.78, 5) is 23.5. The van der Waals surface area contributed by atoms with E-state index in [4.69, 9.17) is 4.43 Å². The molecular weight excluding hydrogens is 222 g/mol. The first-order valence-corrected chi connectivity index (χ1v) is 6.81. The zero-order valence-electron chi connectivity index (χ0n) is 8.89. The van der Waals surface area contributed by atoms with Gasteiger partial charge in [0.25, 0.3) is 20.1 Å². The van der Waals surface area contributed by atoms with E-state index in [-0.39, 0.29) is 18.5 Å². The summed E-state index contributed by atoms with van der Waals surface area (Å²) >= 11 is 0. The highest BCUT2D eigenvalue weighted by molar-refractivity contribution is 6.87. The standard InChI is InChI=1S/C11H13NO3Si/c1-4-16(5-2,6-3)15-9-12-10(13)7-8-11(12)14/h4-8H,1-3,9H2. The monoisotopic (exact) mass is 235 g/mol. The van der Waals surface area contributed by atoms with Crippen LogP contribution in [0.4, 0.5) is 0 Å². The van der Waals surface area contributed by atoms with Gasteiger partial charge in [-0.1, -0.05) is 17.1 Å². The summed E-state index contributed by atoms with van der Waals surface area (Å²) in [7, 11) is -2.43. The van der Waals surface area contributed by atoms with Gasteiger partial charge in [0.05, 0.1) is 0 Å². The Kier molecular flexibility index (Phi) is 3.76. The van der Waals surface area contributed by atoms with Crippen molar-refractivity contribution in [1.82, 2.24) is 4.90 Å². The molecule has 0 aromatic rings. The molecule has 1 aliphatic rings. The molecule has 16 heavy (non-hydrogen) atoms. The third-order valence-corrected chi connectivity index (χ3v) is 4.84. The minimum absolute atomic E-state index is 0.0963. The summed E-state index contributed by atoms with van der Waals surface area (Å²) in [5, 5.41) is 0. The number of rotatable bonds is 6. The maximum Gasteiger partial charge on any atom is 0.266 e. The zero-order valence-corrected chi connectivity index (χ0v) is 9.89. The smallest absolute Gasteiger partial charge is 0.266 e. The second-order valence-electron chi connectivity index (χ2n) is 3.18. The third-order valence-electron chi connectivity index (χ3n) is 2.30. The molecule has 0 aromatic heterocycles. The van der Waals surface area contributed by atoms with Crippen LogP contribution in [0.25, 0.3) is 0 Å². The van der Waals surface area contributed by atoms with E-state index in [0.29, 0.717) is 0 Å². The van der Waals surface area contributed by atoms with Gasteiger partial charge in [-0.25, -0.2) is 0 Å². The number of hydrogen-bond acceptors (Lipinski definition) is 3. The molecule has 0 fully saturated rings. The van der Waals surface area contributed by atoms with Crippen molar-refractivity contribution >= 4 is 20.1 Å². The summed E-state index contributed by atoms with van der Waals surface area (Å²) in [5.74, 6) is -0.741. The Labute approximate surface area is 95.3 Å². The Bertz CT molecular complexity index is 347. The number of amides is 2. The maximum absolute atomic E-state index is 11.2. The molecular formula is C11H13NO3Si. The predicted octanol–water partition coefficient (Wildman–Crippen LogP) is 1.01. The van der Waals surface area contributed by atoms with Crippen LogP contribution in [0.5, 0.6) is 0 Å². The van der Waals surface area contributed by atoms with Crippen molar-refractivity contribution in [3.05, 3.63) is 49.0 Å². The summed E-state index contributed by atoms with van der Waals surface area (Å²) in [6, 6.07) is 0. The fourth-order valence-electron chi connectivity index (χ4n) is 1.16. The molecule has 0 unspecified atom stereocenters. The van der Waals surface area contributed by atoms with Crippen molar-refractivity contribution in [1.29, 1.82) is 0 Å². The fraction of sp³-hybridized carbons (Fsp3) is 0.0909. The second-order valence-corrected chi connectivity index (χ2v) is 6.40. The van der Waals surface area contributed by atoms with Crippen molar-refractivity contribution < 1.29 is 14.0 Å². The molecule has 0 saturated carbocycles. The molecule has 1 heterocycles. The maximum atomic E-state index is 11.2. The highest BCUT2D eigenvalue weighted by atomic mass is 28.4. The average Bonchev–Trinajstić information content (AvgIpc) is 2.62. The summed E-state index contributed by atoms with van der Waals surface area (Å²) in [6.45, 7) is 10.8. The highest BCUT2D eigenvalue weighted by Crippen LogP contribution is 2.12. The van der Waals surface area contributed by atoms with E-state index in [1.165, 1.54) is 12.2 Å². The van der Waals surface area contributed by atoms with E-state index >= 15 is 0 Å². The van der Waals surface area contributed by atoms with Crippen molar-refractivity contribution in [3.63, 3.8) is 0 Å². The number of carbonyl (C=O) groups excluding carboxylic acids is 2. The van der Waals surface area contributed by atoms with Crippen LogP contribution in [0.3, 0.4) is 0 Å². The summed E-state index contributed by atoms with van der Waals surface area (Å²) in [6.07, 6.45) is 2.43. The van der Waals surface area contributed by atoms with Gasteiger partial charge >= 0.3 is 0 Å². The number of imide groups is 1. The van der Waals surface area contributed by atoms with Crippen molar-refractivity contribution in [2.45, 2.75) is 0 Å². The van der Waals surface area contributed by atoms with E-state index in [9.17, 15) is 9.59 Å². The van der Waals surface area contributed by atoms with Crippen LogP contribution in [-0.4, -0.2) is 31.8 Å². The van der Waals surface area contributed by atoms with Crippen molar-refractivity contribution in [2.75, 3.05) is 6.73 Å². The minimum Gasteiger partial charge on any atom is -0.387 e. The lowest BCUT2D eigenvalue weighted by molar-refractivity contribution is -0.140. The quantitative estimate of drug-likeness (QED) is 0.510. The largest absolute Gasteiger partial charge is 0.387 e. The Hall–Kier alpha value is -1.72. The van der Waals surface area contributed by atoms with Gasteiger partial charge in [-0.3, -0.25) is 14.5 Å². The van der Waals surface area contributed by atoms with E-state index in [1.807, 2.05) is 0 Å². The zero-order chi connectivity index (χ0) is 12.2. The molecule has 0 N–H and O–H groups in total. The molecule has 0 aromatic carbocycles. The second kappa shape index (κ2) is 4.87. The van der Waals surface area contributed by atoms with Crippen LogP contribution in [0.15, 0.2) is 49.0 Å². The Morgan fingerprint density at radius 1 is 1.12 bits per heavy atom. The molecule has 0 spiro atoms. The van der Waals surface area contributed by atoms with Crippen LogP contribution in [0, 0.1) is 0 Å². The van der Waals surface area contributed by atoms with Crippen LogP contribution in [-0.2, 0) is 14.0 Å². The lowest BCUT2D eigenvalue weighted by atomic mass is 10.6. The van der Waals surface area contributed by atoms with Crippen molar-refractivity contribution in [2.24, 2.45) is 0 Å². The normalized spacial score (nSPS) is 15.4. The molecule has 5 heteroatoms. The lowest BCUT2D eigenvalue weighted by Gasteiger charge is -2.23. The number of nitrogens with zero attached hydrogens (tertiary/aromatic N) is 1. The first-order chi connectivity index (χ1) is 7.58. The Balaban J connectivity index is 2.67. The SMILES string of the molecule is C=C[Si](C=C)(C=C)OCN1C(=O)C=CC1=O. The average molecular weight is 235 g/mol. The topological polar surface area (TPSA) is 46.6 Å². The number of hydrogen-bond donors (Lipinski definition) is 0. The Morgan fingerprint density at radius 2 is 1.56 bits per heavy atom. The lowest BCUT2D eigenvalue weighted by Crippen LogP contribution is -2.40. The van der Waals surface area contributed by atoms with Gasteiger partial charge in [0.1, 0.15) is 6.73 Å². The molecule has 0 atom stereocenters. The van der Waals surface area contributed by atoms with Gasteiger partial charge in [0, 0.05) is 12.2 Å². The van der Waals surface area contributed by atoms with E-state index in [2.05, 4.69) is 19.7 Å². The van der Waals surface area contributed by atoms with Crippen LogP contribution < -0.4 is 0 Å². The van der Waals surface area contributed by atoms with E-state index in [1.54, 1.807) is 17.1 Å². The van der Waals surface area contributed by atoms with Crippen LogP contribution in [0.1, 0.15) is 0 Å². The van der Waals surface area contributed by atoms with Crippen molar-refractivity contribution in [3.8, 4) is 0 Å². The molecule has 1 aliphatic heterocycles. The molecule has 0 saturated heterocycles. The summed E-state index contributed by atoms with van der Waals surface area (Å²) < 4.78 is 5.53. The van der Waals surface area contributed by atoms with Gasteiger partial charge in [-0.05, 0) is 0 Å². The van der Waals surface area contributed by atoms with Gasteiger partial charge in [0.15, 0.2) is 0 Å². The number of carbonyl (C=O) groups is 2. The molecule has 0 radical (unpaired) electrons.